The van der Waals surface area contributed by atoms with Crippen molar-refractivity contribution < 1.29 is 18.7 Å². The number of amides is 1. The predicted octanol–water partition coefficient (Wildman–Crippen LogP) is 3.61. The van der Waals surface area contributed by atoms with Gasteiger partial charge in [-0.25, -0.2) is 8.78 Å². The fourth-order valence-corrected chi connectivity index (χ4v) is 2.08. The first-order chi connectivity index (χ1) is 9.47. The summed E-state index contributed by atoms with van der Waals surface area (Å²) >= 11 is 2.95. The highest BCUT2D eigenvalue weighted by molar-refractivity contribution is 9.10. The van der Waals surface area contributed by atoms with Crippen molar-refractivity contribution in [2.45, 2.75) is 6.42 Å². The minimum absolute atomic E-state index is 0.0422. The fourth-order valence-electron chi connectivity index (χ4n) is 1.68. The summed E-state index contributed by atoms with van der Waals surface area (Å²) < 4.78 is 27.4. The molecule has 104 valence electrons. The Labute approximate surface area is 122 Å². The molecule has 0 saturated heterocycles. The predicted molar refractivity (Wildman–Crippen MR) is 74.5 cm³/mol. The Morgan fingerprint density at radius 1 is 1.20 bits per heavy atom. The Balaban J connectivity index is 2.15. The van der Waals surface area contributed by atoms with Gasteiger partial charge >= 0.3 is 0 Å². The number of rotatable bonds is 3. The number of para-hydroxylation sites is 1. The molecule has 1 amide bonds. The van der Waals surface area contributed by atoms with Gasteiger partial charge in [-0.2, -0.15) is 0 Å². The van der Waals surface area contributed by atoms with Gasteiger partial charge in [-0.15, -0.1) is 0 Å². The van der Waals surface area contributed by atoms with E-state index in [2.05, 4.69) is 21.2 Å². The maximum Gasteiger partial charge on any atom is 0.229 e. The molecule has 0 spiro atoms. The van der Waals surface area contributed by atoms with Crippen LogP contribution in [0.4, 0.5) is 14.5 Å². The van der Waals surface area contributed by atoms with Crippen LogP contribution < -0.4 is 5.32 Å². The molecule has 0 aliphatic carbocycles. The molecule has 0 heterocycles. The first-order valence-electron chi connectivity index (χ1n) is 5.68. The average Bonchev–Trinajstić information content (AvgIpc) is 2.36. The van der Waals surface area contributed by atoms with E-state index < -0.39 is 23.2 Å². The summed E-state index contributed by atoms with van der Waals surface area (Å²) in [5, 5.41) is 11.7. The number of aromatic hydroxyl groups is 1. The molecule has 2 aromatic carbocycles. The molecule has 0 unspecified atom stereocenters. The molecule has 0 atom stereocenters. The Morgan fingerprint density at radius 3 is 2.40 bits per heavy atom. The molecule has 20 heavy (non-hydrogen) atoms. The minimum Gasteiger partial charge on any atom is -0.508 e. The number of nitrogens with one attached hydrogen (secondary N) is 1. The number of benzene rings is 2. The van der Waals surface area contributed by atoms with Crippen LogP contribution >= 0.6 is 15.9 Å². The molecule has 0 aliphatic heterocycles. The van der Waals surface area contributed by atoms with Crippen LogP contribution in [-0.2, 0) is 11.2 Å². The number of anilines is 1. The van der Waals surface area contributed by atoms with Crippen LogP contribution in [0, 0.1) is 11.6 Å². The molecule has 2 N–H and O–H groups in total. The van der Waals surface area contributed by atoms with Crippen LogP contribution in [0.2, 0.25) is 0 Å². The summed E-state index contributed by atoms with van der Waals surface area (Å²) in [4.78, 5) is 11.8. The second-order valence-electron chi connectivity index (χ2n) is 4.10. The van der Waals surface area contributed by atoms with Crippen LogP contribution in [0.1, 0.15) is 5.56 Å². The molecule has 6 heteroatoms. The molecule has 2 rings (SSSR count). The monoisotopic (exact) mass is 341 g/mol. The van der Waals surface area contributed by atoms with Crippen molar-refractivity contribution in [2.24, 2.45) is 0 Å². The third-order valence-electron chi connectivity index (χ3n) is 2.61. The maximum atomic E-state index is 13.6. The van der Waals surface area contributed by atoms with Crippen LogP contribution in [0.3, 0.4) is 0 Å². The SMILES string of the molecule is O=C(Cc1ccccc1O)Nc1c(F)cc(Br)cc1F. The van der Waals surface area contributed by atoms with Crippen molar-refractivity contribution in [3.8, 4) is 5.75 Å². The number of carbonyl (C=O) groups is 1. The Hall–Kier alpha value is -1.95. The second kappa shape index (κ2) is 6.00. The highest BCUT2D eigenvalue weighted by Crippen LogP contribution is 2.24. The lowest BCUT2D eigenvalue weighted by Gasteiger charge is -2.09. The Morgan fingerprint density at radius 2 is 1.80 bits per heavy atom. The Bertz CT molecular complexity index is 638. The number of phenolic OH excluding ortho intramolecular Hbond substituents is 1. The molecule has 0 bridgehead atoms. The summed E-state index contributed by atoms with van der Waals surface area (Å²) in [6.45, 7) is 0. The number of carbonyl (C=O) groups excluding carboxylic acids is 1. The summed E-state index contributed by atoms with van der Waals surface area (Å²) in [5.74, 6) is -2.41. The van der Waals surface area contributed by atoms with Gasteiger partial charge in [-0.05, 0) is 18.2 Å². The van der Waals surface area contributed by atoms with E-state index in [1.807, 2.05) is 0 Å². The standard InChI is InChI=1S/C14H10BrF2NO2/c15-9-6-10(16)14(11(17)7-9)18-13(20)5-8-3-1-2-4-12(8)19/h1-4,6-7,19H,5H2,(H,18,20). The smallest absolute Gasteiger partial charge is 0.229 e. The van der Waals surface area contributed by atoms with Gasteiger partial charge in [0.15, 0.2) is 11.6 Å². The number of hydrogen-bond donors (Lipinski definition) is 2. The van der Waals surface area contributed by atoms with Gasteiger partial charge in [-0.3, -0.25) is 4.79 Å². The molecule has 0 fully saturated rings. The Kier molecular flexibility index (Phi) is 4.34. The normalized spacial score (nSPS) is 10.3. The van der Waals surface area contributed by atoms with E-state index in [1.165, 1.54) is 6.07 Å². The lowest BCUT2D eigenvalue weighted by atomic mass is 10.1. The zero-order valence-electron chi connectivity index (χ0n) is 10.2. The van der Waals surface area contributed by atoms with Gasteiger partial charge < -0.3 is 10.4 Å². The summed E-state index contributed by atoms with van der Waals surface area (Å²) in [6, 6.07) is 8.37. The first-order valence-corrected chi connectivity index (χ1v) is 6.48. The van der Waals surface area contributed by atoms with E-state index in [1.54, 1.807) is 18.2 Å². The van der Waals surface area contributed by atoms with E-state index >= 15 is 0 Å². The topological polar surface area (TPSA) is 49.3 Å². The summed E-state index contributed by atoms with van der Waals surface area (Å²) in [5.41, 5.74) is -0.128. The highest BCUT2D eigenvalue weighted by atomic mass is 79.9. The van der Waals surface area contributed by atoms with Gasteiger partial charge in [0.2, 0.25) is 5.91 Å². The molecule has 0 radical (unpaired) electrons. The fraction of sp³-hybridized carbons (Fsp3) is 0.0714. The van der Waals surface area contributed by atoms with E-state index in [0.717, 1.165) is 12.1 Å². The summed E-state index contributed by atoms with van der Waals surface area (Å²) in [6.07, 6.45) is -0.179. The van der Waals surface area contributed by atoms with Crippen LogP contribution in [0.25, 0.3) is 0 Å². The molecule has 2 aromatic rings. The number of hydrogen-bond acceptors (Lipinski definition) is 2. The van der Waals surface area contributed by atoms with Gasteiger partial charge in [-0.1, -0.05) is 34.1 Å². The van der Waals surface area contributed by atoms with Crippen molar-refractivity contribution in [2.75, 3.05) is 5.32 Å². The molecule has 0 aliphatic rings. The summed E-state index contributed by atoms with van der Waals surface area (Å²) in [7, 11) is 0. The van der Waals surface area contributed by atoms with E-state index in [0.29, 0.717) is 5.56 Å². The zero-order valence-corrected chi connectivity index (χ0v) is 11.7. The maximum absolute atomic E-state index is 13.6. The number of halogens is 3. The minimum atomic E-state index is -0.873. The van der Waals surface area contributed by atoms with E-state index in [9.17, 15) is 18.7 Å². The van der Waals surface area contributed by atoms with Crippen LogP contribution in [-0.4, -0.2) is 11.0 Å². The van der Waals surface area contributed by atoms with Crippen LogP contribution in [0.15, 0.2) is 40.9 Å². The van der Waals surface area contributed by atoms with Gasteiger partial charge in [0.05, 0.1) is 6.42 Å². The van der Waals surface area contributed by atoms with Crippen molar-refractivity contribution in [3.63, 3.8) is 0 Å². The molecular formula is C14H10BrF2NO2. The van der Waals surface area contributed by atoms with Gasteiger partial charge in [0.1, 0.15) is 11.4 Å². The van der Waals surface area contributed by atoms with E-state index in [4.69, 9.17) is 0 Å². The second-order valence-corrected chi connectivity index (χ2v) is 5.01. The van der Waals surface area contributed by atoms with Gasteiger partial charge in [0, 0.05) is 10.0 Å². The molecular weight excluding hydrogens is 332 g/mol. The number of phenols is 1. The third-order valence-corrected chi connectivity index (χ3v) is 3.07. The zero-order chi connectivity index (χ0) is 14.7. The molecule has 0 aromatic heterocycles. The largest absolute Gasteiger partial charge is 0.508 e. The van der Waals surface area contributed by atoms with Crippen LogP contribution in [0.5, 0.6) is 5.75 Å². The highest BCUT2D eigenvalue weighted by Gasteiger charge is 2.14. The average molecular weight is 342 g/mol. The molecule has 0 saturated carbocycles. The first kappa shape index (κ1) is 14.5. The van der Waals surface area contributed by atoms with Gasteiger partial charge in [0.25, 0.3) is 0 Å². The lowest BCUT2D eigenvalue weighted by Crippen LogP contribution is -2.16. The van der Waals surface area contributed by atoms with E-state index in [-0.39, 0.29) is 16.6 Å². The van der Waals surface area contributed by atoms with Crippen molar-refractivity contribution in [1.82, 2.24) is 0 Å². The van der Waals surface area contributed by atoms with Crippen molar-refractivity contribution in [1.29, 1.82) is 0 Å². The van der Waals surface area contributed by atoms with Crippen molar-refractivity contribution >= 4 is 27.5 Å². The lowest BCUT2D eigenvalue weighted by molar-refractivity contribution is -0.115. The third kappa shape index (κ3) is 3.33. The van der Waals surface area contributed by atoms with Crippen molar-refractivity contribution in [3.05, 3.63) is 58.1 Å². The molecule has 3 nitrogen and oxygen atoms in total. The quantitative estimate of drug-likeness (QED) is 0.895.